The van der Waals surface area contributed by atoms with Gasteiger partial charge in [-0.1, -0.05) is 24.3 Å². The van der Waals surface area contributed by atoms with E-state index < -0.39 is 0 Å². The minimum Gasteiger partial charge on any atom is -0.351 e. The molecule has 1 unspecified atom stereocenters. The molecule has 1 aromatic rings. The standard InChI is InChI=1S/C17H25N3O/c21-17(16-7-4-8-18-16)19-12-14-5-3-6-15(11-14)13-20-9-1-2-10-20/h3,5-6,11,16,18H,1-2,4,7-10,12-13H2,(H,19,21). The molecule has 0 bridgehead atoms. The number of hydrogen-bond donors (Lipinski definition) is 2. The van der Waals surface area contributed by atoms with Gasteiger partial charge in [-0.3, -0.25) is 9.69 Å². The molecule has 114 valence electrons. The highest BCUT2D eigenvalue weighted by molar-refractivity contribution is 5.81. The second kappa shape index (κ2) is 7.05. The second-order valence-electron chi connectivity index (χ2n) is 6.17. The van der Waals surface area contributed by atoms with Crippen molar-refractivity contribution in [3.63, 3.8) is 0 Å². The zero-order chi connectivity index (χ0) is 14.5. The van der Waals surface area contributed by atoms with E-state index in [9.17, 15) is 4.79 Å². The van der Waals surface area contributed by atoms with Crippen molar-refractivity contribution in [3.8, 4) is 0 Å². The van der Waals surface area contributed by atoms with Gasteiger partial charge in [0.1, 0.15) is 0 Å². The van der Waals surface area contributed by atoms with Gasteiger partial charge in [0.15, 0.2) is 0 Å². The number of nitrogens with zero attached hydrogens (tertiary/aromatic N) is 1. The Hall–Kier alpha value is -1.39. The number of nitrogens with one attached hydrogen (secondary N) is 2. The van der Waals surface area contributed by atoms with Crippen LogP contribution in [0.25, 0.3) is 0 Å². The molecular weight excluding hydrogens is 262 g/mol. The molecule has 4 nitrogen and oxygen atoms in total. The topological polar surface area (TPSA) is 44.4 Å². The Balaban J connectivity index is 1.51. The average Bonchev–Trinajstić information content (AvgIpc) is 3.18. The highest BCUT2D eigenvalue weighted by Crippen LogP contribution is 2.14. The number of hydrogen-bond acceptors (Lipinski definition) is 3. The first-order valence-corrected chi connectivity index (χ1v) is 8.12. The Bertz CT molecular complexity index is 477. The van der Waals surface area contributed by atoms with Crippen LogP contribution in [-0.2, 0) is 17.9 Å². The zero-order valence-electron chi connectivity index (χ0n) is 12.6. The van der Waals surface area contributed by atoms with Gasteiger partial charge >= 0.3 is 0 Å². The maximum Gasteiger partial charge on any atom is 0.237 e. The summed E-state index contributed by atoms with van der Waals surface area (Å²) in [6, 6.07) is 8.61. The van der Waals surface area contributed by atoms with Crippen LogP contribution in [-0.4, -0.2) is 36.5 Å². The molecule has 0 radical (unpaired) electrons. The number of benzene rings is 1. The van der Waals surface area contributed by atoms with Crippen LogP contribution in [0.1, 0.15) is 36.8 Å². The number of carbonyl (C=O) groups is 1. The van der Waals surface area contributed by atoms with Crippen LogP contribution in [0.3, 0.4) is 0 Å². The van der Waals surface area contributed by atoms with Gasteiger partial charge in [-0.25, -0.2) is 0 Å². The van der Waals surface area contributed by atoms with E-state index in [1.54, 1.807) is 0 Å². The largest absolute Gasteiger partial charge is 0.351 e. The van der Waals surface area contributed by atoms with E-state index in [1.165, 1.54) is 37.1 Å². The molecule has 4 heteroatoms. The van der Waals surface area contributed by atoms with Crippen LogP contribution < -0.4 is 10.6 Å². The molecule has 1 amide bonds. The van der Waals surface area contributed by atoms with Crippen molar-refractivity contribution in [3.05, 3.63) is 35.4 Å². The fourth-order valence-electron chi connectivity index (χ4n) is 3.26. The number of likely N-dealkylation sites (tertiary alicyclic amines) is 1. The molecule has 2 heterocycles. The van der Waals surface area contributed by atoms with E-state index in [1.807, 2.05) is 0 Å². The van der Waals surface area contributed by atoms with Gasteiger partial charge in [-0.05, 0) is 56.4 Å². The minimum atomic E-state index is 0.0118. The molecule has 2 saturated heterocycles. The Morgan fingerprint density at radius 1 is 1.24 bits per heavy atom. The fraction of sp³-hybridized carbons (Fsp3) is 0.588. The van der Waals surface area contributed by atoms with E-state index in [0.717, 1.165) is 25.9 Å². The Morgan fingerprint density at radius 2 is 2.05 bits per heavy atom. The third-order valence-electron chi connectivity index (χ3n) is 4.44. The van der Waals surface area contributed by atoms with Crippen LogP contribution in [0, 0.1) is 0 Å². The van der Waals surface area contributed by atoms with E-state index in [0.29, 0.717) is 6.54 Å². The molecule has 2 aliphatic heterocycles. The molecule has 3 rings (SSSR count). The van der Waals surface area contributed by atoms with Crippen LogP contribution in [0.15, 0.2) is 24.3 Å². The second-order valence-corrected chi connectivity index (χ2v) is 6.17. The summed E-state index contributed by atoms with van der Waals surface area (Å²) >= 11 is 0. The normalized spacial score (nSPS) is 22.6. The fourth-order valence-corrected chi connectivity index (χ4v) is 3.26. The van der Waals surface area contributed by atoms with Gasteiger partial charge in [-0.15, -0.1) is 0 Å². The van der Waals surface area contributed by atoms with Crippen molar-refractivity contribution in [1.82, 2.24) is 15.5 Å². The lowest BCUT2D eigenvalue weighted by atomic mass is 10.1. The lowest BCUT2D eigenvalue weighted by Gasteiger charge is -2.15. The molecule has 21 heavy (non-hydrogen) atoms. The summed E-state index contributed by atoms with van der Waals surface area (Å²) in [5.41, 5.74) is 2.54. The van der Waals surface area contributed by atoms with Crippen LogP contribution >= 0.6 is 0 Å². The van der Waals surface area contributed by atoms with E-state index >= 15 is 0 Å². The molecule has 0 spiro atoms. The van der Waals surface area contributed by atoms with Crippen LogP contribution in [0.4, 0.5) is 0 Å². The maximum atomic E-state index is 12.0. The molecule has 0 saturated carbocycles. The van der Waals surface area contributed by atoms with Gasteiger partial charge in [0.05, 0.1) is 6.04 Å². The summed E-state index contributed by atoms with van der Waals surface area (Å²) < 4.78 is 0. The molecule has 1 atom stereocenters. The van der Waals surface area contributed by atoms with Gasteiger partial charge in [0.25, 0.3) is 0 Å². The predicted octanol–water partition coefficient (Wildman–Crippen LogP) is 1.65. The maximum absolute atomic E-state index is 12.0. The predicted molar refractivity (Wildman–Crippen MR) is 83.8 cm³/mol. The van der Waals surface area contributed by atoms with Crippen molar-refractivity contribution in [2.75, 3.05) is 19.6 Å². The molecule has 0 aromatic heterocycles. The van der Waals surface area contributed by atoms with Crippen molar-refractivity contribution < 1.29 is 4.79 Å². The summed E-state index contributed by atoms with van der Waals surface area (Å²) in [5, 5.41) is 6.28. The van der Waals surface area contributed by atoms with Gasteiger partial charge < -0.3 is 10.6 Å². The van der Waals surface area contributed by atoms with Gasteiger partial charge in [0.2, 0.25) is 5.91 Å². The summed E-state index contributed by atoms with van der Waals surface area (Å²) in [5.74, 6) is 0.137. The zero-order valence-corrected chi connectivity index (χ0v) is 12.6. The summed E-state index contributed by atoms with van der Waals surface area (Å²) in [7, 11) is 0. The highest BCUT2D eigenvalue weighted by Gasteiger charge is 2.21. The Morgan fingerprint density at radius 3 is 2.81 bits per heavy atom. The molecule has 2 aliphatic rings. The van der Waals surface area contributed by atoms with Gasteiger partial charge in [0, 0.05) is 13.1 Å². The van der Waals surface area contributed by atoms with Crippen molar-refractivity contribution in [1.29, 1.82) is 0 Å². The summed E-state index contributed by atoms with van der Waals surface area (Å²) in [4.78, 5) is 14.5. The SMILES string of the molecule is O=C(NCc1cccc(CN2CCCC2)c1)C1CCCN1. The van der Waals surface area contributed by atoms with Crippen molar-refractivity contribution in [2.45, 2.75) is 44.8 Å². The lowest BCUT2D eigenvalue weighted by Crippen LogP contribution is -2.40. The quantitative estimate of drug-likeness (QED) is 0.865. The highest BCUT2D eigenvalue weighted by atomic mass is 16.2. The lowest BCUT2D eigenvalue weighted by molar-refractivity contribution is -0.122. The van der Waals surface area contributed by atoms with E-state index in [2.05, 4.69) is 39.8 Å². The molecule has 2 N–H and O–H groups in total. The molecule has 0 aliphatic carbocycles. The summed E-state index contributed by atoms with van der Waals surface area (Å²) in [6.45, 7) is 5.06. The average molecular weight is 287 g/mol. The Kier molecular flexibility index (Phi) is 4.88. The van der Waals surface area contributed by atoms with Crippen LogP contribution in [0.5, 0.6) is 0 Å². The van der Waals surface area contributed by atoms with Crippen LogP contribution in [0.2, 0.25) is 0 Å². The number of amides is 1. The molecular formula is C17H25N3O. The number of rotatable bonds is 5. The first-order chi connectivity index (χ1) is 10.3. The van der Waals surface area contributed by atoms with E-state index in [4.69, 9.17) is 0 Å². The Labute approximate surface area is 126 Å². The first-order valence-electron chi connectivity index (χ1n) is 8.12. The smallest absolute Gasteiger partial charge is 0.237 e. The monoisotopic (exact) mass is 287 g/mol. The van der Waals surface area contributed by atoms with Crippen molar-refractivity contribution in [2.24, 2.45) is 0 Å². The minimum absolute atomic E-state index is 0.0118. The van der Waals surface area contributed by atoms with Crippen molar-refractivity contribution >= 4 is 5.91 Å². The number of carbonyl (C=O) groups excluding carboxylic acids is 1. The van der Waals surface area contributed by atoms with Gasteiger partial charge in [-0.2, -0.15) is 0 Å². The first kappa shape index (κ1) is 14.5. The summed E-state index contributed by atoms with van der Waals surface area (Å²) in [6.07, 6.45) is 4.71. The molecule has 2 fully saturated rings. The third kappa shape index (κ3) is 4.05. The third-order valence-corrected chi connectivity index (χ3v) is 4.44. The molecule has 1 aromatic carbocycles. The van der Waals surface area contributed by atoms with E-state index in [-0.39, 0.29) is 11.9 Å².